The van der Waals surface area contributed by atoms with Gasteiger partial charge in [0, 0.05) is 12.8 Å². The Bertz CT molecular complexity index is 472. The van der Waals surface area contributed by atoms with Gasteiger partial charge in [-0.3, -0.25) is 19.7 Å². The van der Waals surface area contributed by atoms with Crippen LogP contribution in [0.5, 0.6) is 0 Å². The van der Waals surface area contributed by atoms with Gasteiger partial charge in [-0.25, -0.2) is 0 Å². The zero-order valence-electron chi connectivity index (χ0n) is 11.4. The number of ketones is 1. The summed E-state index contributed by atoms with van der Waals surface area (Å²) >= 11 is 0. The van der Waals surface area contributed by atoms with Crippen molar-refractivity contribution in [1.29, 1.82) is 0 Å². The van der Waals surface area contributed by atoms with E-state index < -0.39 is 0 Å². The Morgan fingerprint density at radius 1 is 1.21 bits per heavy atom. The molecule has 0 bridgehead atoms. The van der Waals surface area contributed by atoms with Crippen LogP contribution in [-0.4, -0.2) is 17.6 Å². The van der Waals surface area contributed by atoms with Crippen LogP contribution in [0, 0.1) is 11.8 Å². The van der Waals surface area contributed by atoms with Crippen molar-refractivity contribution in [2.24, 2.45) is 11.8 Å². The fourth-order valence-electron chi connectivity index (χ4n) is 2.76. The molecule has 1 fully saturated rings. The highest BCUT2D eigenvalue weighted by atomic mass is 16.2. The van der Waals surface area contributed by atoms with Crippen LogP contribution in [0.4, 0.5) is 0 Å². The maximum atomic E-state index is 12.0. The van der Waals surface area contributed by atoms with E-state index in [1.54, 1.807) is 0 Å². The molecule has 4 heteroatoms. The van der Waals surface area contributed by atoms with Crippen molar-refractivity contribution < 1.29 is 14.4 Å². The van der Waals surface area contributed by atoms with Crippen molar-refractivity contribution in [1.82, 2.24) is 5.32 Å². The minimum Gasteiger partial charge on any atom is -0.296 e. The van der Waals surface area contributed by atoms with Crippen LogP contribution < -0.4 is 5.32 Å². The van der Waals surface area contributed by atoms with E-state index in [-0.39, 0.29) is 23.5 Å². The number of carbonyl (C=O) groups is 3. The number of Topliss-reactive ketones (excluding diaryl/α,β-unsaturated/α-hetero) is 1. The second-order valence-electron chi connectivity index (χ2n) is 5.57. The summed E-state index contributed by atoms with van der Waals surface area (Å²) < 4.78 is 0. The summed E-state index contributed by atoms with van der Waals surface area (Å²) in [7, 11) is 0. The third-order valence-corrected chi connectivity index (χ3v) is 3.65. The van der Waals surface area contributed by atoms with Gasteiger partial charge in [-0.15, -0.1) is 0 Å². The SMILES string of the molecule is CC1=CC(C)CC(=CCC2CC(=O)NC(=O)C2)C1=O. The normalized spacial score (nSPS) is 27.5. The van der Waals surface area contributed by atoms with Crippen molar-refractivity contribution in [2.75, 3.05) is 0 Å². The molecule has 0 aromatic carbocycles. The number of rotatable bonds is 2. The van der Waals surface area contributed by atoms with Crippen LogP contribution in [0.25, 0.3) is 0 Å². The molecule has 4 nitrogen and oxygen atoms in total. The third-order valence-electron chi connectivity index (χ3n) is 3.65. The second-order valence-corrected chi connectivity index (χ2v) is 5.57. The number of hydrogen-bond donors (Lipinski definition) is 1. The van der Waals surface area contributed by atoms with Crippen molar-refractivity contribution >= 4 is 17.6 Å². The van der Waals surface area contributed by atoms with Crippen LogP contribution in [0.2, 0.25) is 0 Å². The highest BCUT2D eigenvalue weighted by molar-refractivity contribution is 6.08. The first-order chi connectivity index (χ1) is 8.95. The number of piperidine rings is 1. The zero-order chi connectivity index (χ0) is 14.0. The number of amides is 2. The molecule has 1 saturated heterocycles. The second kappa shape index (κ2) is 5.51. The lowest BCUT2D eigenvalue weighted by Crippen LogP contribution is -2.38. The molecule has 0 radical (unpaired) electrons. The first-order valence-corrected chi connectivity index (χ1v) is 6.70. The summed E-state index contributed by atoms with van der Waals surface area (Å²) in [6, 6.07) is 0. The third kappa shape index (κ3) is 3.40. The fourth-order valence-corrected chi connectivity index (χ4v) is 2.76. The molecule has 0 saturated carbocycles. The summed E-state index contributed by atoms with van der Waals surface area (Å²) in [5.41, 5.74) is 1.62. The van der Waals surface area contributed by atoms with Crippen LogP contribution >= 0.6 is 0 Å². The molecule has 102 valence electrons. The van der Waals surface area contributed by atoms with Crippen LogP contribution in [0.15, 0.2) is 23.3 Å². The summed E-state index contributed by atoms with van der Waals surface area (Å²) in [5.74, 6) is 0.0890. The Morgan fingerprint density at radius 3 is 2.47 bits per heavy atom. The Hall–Kier alpha value is -1.71. The van der Waals surface area contributed by atoms with Crippen LogP contribution in [0.3, 0.4) is 0 Å². The molecule has 1 aliphatic carbocycles. The topological polar surface area (TPSA) is 63.2 Å². The lowest BCUT2D eigenvalue weighted by Gasteiger charge is -2.21. The average Bonchev–Trinajstić information content (AvgIpc) is 2.30. The largest absolute Gasteiger partial charge is 0.296 e. The van der Waals surface area contributed by atoms with E-state index in [1.807, 2.05) is 19.1 Å². The van der Waals surface area contributed by atoms with Crippen molar-refractivity contribution in [2.45, 2.75) is 39.5 Å². The lowest BCUT2D eigenvalue weighted by atomic mass is 9.85. The zero-order valence-corrected chi connectivity index (χ0v) is 11.4. The van der Waals surface area contributed by atoms with Gasteiger partial charge in [0.2, 0.25) is 11.8 Å². The van der Waals surface area contributed by atoms with Gasteiger partial charge in [0.05, 0.1) is 0 Å². The maximum absolute atomic E-state index is 12.0. The first kappa shape index (κ1) is 13.7. The number of allylic oxidation sites excluding steroid dienone is 4. The molecule has 1 atom stereocenters. The molecule has 0 aromatic rings. The predicted octanol–water partition coefficient (Wildman–Crippen LogP) is 1.91. The van der Waals surface area contributed by atoms with Gasteiger partial charge in [-0.2, -0.15) is 0 Å². The highest BCUT2D eigenvalue weighted by Crippen LogP contribution is 2.26. The van der Waals surface area contributed by atoms with Gasteiger partial charge in [-0.1, -0.05) is 19.1 Å². The monoisotopic (exact) mass is 261 g/mol. The summed E-state index contributed by atoms with van der Waals surface area (Å²) in [5, 5.41) is 2.30. The van der Waals surface area contributed by atoms with E-state index in [1.165, 1.54) is 0 Å². The molecule has 19 heavy (non-hydrogen) atoms. The summed E-state index contributed by atoms with van der Waals surface area (Å²) in [6.45, 7) is 3.92. The van der Waals surface area contributed by atoms with Gasteiger partial charge >= 0.3 is 0 Å². The van der Waals surface area contributed by atoms with Gasteiger partial charge < -0.3 is 0 Å². The Morgan fingerprint density at radius 2 is 1.84 bits per heavy atom. The van der Waals surface area contributed by atoms with E-state index in [9.17, 15) is 14.4 Å². The quantitative estimate of drug-likeness (QED) is 0.610. The molecule has 1 heterocycles. The maximum Gasteiger partial charge on any atom is 0.226 e. The van der Waals surface area contributed by atoms with E-state index in [2.05, 4.69) is 12.2 Å². The number of imide groups is 1. The van der Waals surface area contributed by atoms with E-state index in [4.69, 9.17) is 0 Å². The van der Waals surface area contributed by atoms with Crippen LogP contribution in [-0.2, 0) is 14.4 Å². The van der Waals surface area contributed by atoms with E-state index in [0.717, 1.165) is 17.6 Å². The molecule has 2 rings (SSSR count). The van der Waals surface area contributed by atoms with Gasteiger partial charge in [0.15, 0.2) is 5.78 Å². The minimum atomic E-state index is -0.209. The lowest BCUT2D eigenvalue weighted by molar-refractivity contribution is -0.134. The predicted molar refractivity (Wildman–Crippen MR) is 71.1 cm³/mol. The smallest absolute Gasteiger partial charge is 0.226 e. The number of carbonyl (C=O) groups excluding carboxylic acids is 3. The van der Waals surface area contributed by atoms with Crippen molar-refractivity contribution in [3.63, 3.8) is 0 Å². The average molecular weight is 261 g/mol. The molecule has 1 N–H and O–H groups in total. The molecule has 2 aliphatic rings. The van der Waals surface area contributed by atoms with Crippen LogP contribution in [0.1, 0.15) is 39.5 Å². The highest BCUT2D eigenvalue weighted by Gasteiger charge is 2.25. The molecular weight excluding hydrogens is 242 g/mol. The molecule has 1 aliphatic heterocycles. The molecule has 2 amide bonds. The minimum absolute atomic E-state index is 0.0306. The van der Waals surface area contributed by atoms with E-state index in [0.29, 0.717) is 25.2 Å². The number of hydrogen-bond acceptors (Lipinski definition) is 3. The van der Waals surface area contributed by atoms with Crippen molar-refractivity contribution in [3.05, 3.63) is 23.3 Å². The first-order valence-electron chi connectivity index (χ1n) is 6.70. The van der Waals surface area contributed by atoms with Gasteiger partial charge in [-0.05, 0) is 42.7 Å². The molecule has 0 aromatic heterocycles. The summed E-state index contributed by atoms with van der Waals surface area (Å²) in [6.07, 6.45) is 6.04. The van der Waals surface area contributed by atoms with Gasteiger partial charge in [0.25, 0.3) is 0 Å². The van der Waals surface area contributed by atoms with Gasteiger partial charge in [0.1, 0.15) is 0 Å². The standard InChI is InChI=1S/C15H19NO3/c1-9-5-10(2)15(19)12(6-9)4-3-11-7-13(17)16-14(18)8-11/h4-5,9,11H,3,6-8H2,1-2H3,(H,16,17,18). The molecular formula is C15H19NO3. The number of nitrogens with one attached hydrogen (secondary N) is 1. The van der Waals surface area contributed by atoms with Crippen molar-refractivity contribution in [3.8, 4) is 0 Å². The summed E-state index contributed by atoms with van der Waals surface area (Å²) in [4.78, 5) is 34.5. The Kier molecular flexibility index (Phi) is 3.98. The molecule has 0 spiro atoms. The Labute approximate surface area is 112 Å². The molecule has 1 unspecified atom stereocenters. The van der Waals surface area contributed by atoms with E-state index >= 15 is 0 Å². The fraction of sp³-hybridized carbons (Fsp3) is 0.533. The Balaban J connectivity index is 2.02.